The molecule has 2 aromatic rings. The summed E-state index contributed by atoms with van der Waals surface area (Å²) in [7, 11) is 0. The molecule has 1 fully saturated rings. The molecule has 24 heavy (non-hydrogen) atoms. The van der Waals surface area contributed by atoms with Gasteiger partial charge in [0.2, 0.25) is 0 Å². The lowest BCUT2D eigenvalue weighted by atomic mass is 9.74. The maximum atomic E-state index is 13.0. The molecule has 0 unspecified atom stereocenters. The van der Waals surface area contributed by atoms with E-state index in [1.165, 1.54) is 11.1 Å². The summed E-state index contributed by atoms with van der Waals surface area (Å²) in [6.45, 7) is 8.85. The number of ketones is 1. The Balaban J connectivity index is 2.10. The monoisotopic (exact) mass is 319 g/mol. The van der Waals surface area contributed by atoms with Crippen molar-refractivity contribution < 1.29 is 4.79 Å². The van der Waals surface area contributed by atoms with Crippen LogP contribution in [0.4, 0.5) is 0 Å². The van der Waals surface area contributed by atoms with Crippen LogP contribution in [0.3, 0.4) is 0 Å². The van der Waals surface area contributed by atoms with Crippen molar-refractivity contribution >= 4 is 5.78 Å². The van der Waals surface area contributed by atoms with Crippen LogP contribution in [-0.2, 0) is 4.79 Å². The molecule has 2 heteroatoms. The summed E-state index contributed by atoms with van der Waals surface area (Å²) in [5, 5.41) is 0. The largest absolute Gasteiger partial charge is 0.299 e. The fraction of sp³-hybridized carbons (Fsp3) is 0.318. The van der Waals surface area contributed by atoms with Crippen LogP contribution in [0.15, 0.2) is 73.3 Å². The van der Waals surface area contributed by atoms with Crippen molar-refractivity contribution in [1.29, 1.82) is 0 Å². The number of hydrogen-bond donors (Lipinski definition) is 0. The number of piperidine rings is 1. The van der Waals surface area contributed by atoms with Crippen molar-refractivity contribution in [2.24, 2.45) is 11.8 Å². The number of nitrogens with zero attached hydrogens (tertiary/aromatic N) is 1. The average molecular weight is 319 g/mol. The van der Waals surface area contributed by atoms with Gasteiger partial charge in [0.1, 0.15) is 5.78 Å². The summed E-state index contributed by atoms with van der Waals surface area (Å²) in [5.41, 5.74) is 2.40. The normalized spacial score (nSPS) is 27.8. The first-order valence-electron chi connectivity index (χ1n) is 8.65. The molecule has 1 aliphatic heterocycles. The zero-order valence-corrected chi connectivity index (χ0v) is 14.4. The van der Waals surface area contributed by atoms with Gasteiger partial charge in [-0.05, 0) is 11.1 Å². The van der Waals surface area contributed by atoms with Gasteiger partial charge >= 0.3 is 0 Å². The van der Waals surface area contributed by atoms with E-state index in [1.807, 2.05) is 42.5 Å². The van der Waals surface area contributed by atoms with E-state index in [2.05, 4.69) is 49.6 Å². The van der Waals surface area contributed by atoms with E-state index in [0.29, 0.717) is 5.78 Å². The Kier molecular flexibility index (Phi) is 4.96. The Morgan fingerprint density at radius 1 is 0.875 bits per heavy atom. The molecule has 0 spiro atoms. The van der Waals surface area contributed by atoms with Crippen molar-refractivity contribution in [3.63, 3.8) is 0 Å². The second-order valence-corrected chi connectivity index (χ2v) is 6.68. The van der Waals surface area contributed by atoms with Crippen molar-refractivity contribution in [3.8, 4) is 0 Å². The van der Waals surface area contributed by atoms with Crippen LogP contribution >= 0.6 is 0 Å². The molecule has 0 aromatic heterocycles. The van der Waals surface area contributed by atoms with E-state index < -0.39 is 0 Å². The van der Waals surface area contributed by atoms with Gasteiger partial charge in [0.25, 0.3) is 0 Å². The first-order chi connectivity index (χ1) is 11.6. The number of Topliss-reactive ketones (excluding diaryl/α,β-unsaturated/α-hetero) is 1. The van der Waals surface area contributed by atoms with Crippen molar-refractivity contribution in [3.05, 3.63) is 84.4 Å². The molecule has 0 radical (unpaired) electrons. The van der Waals surface area contributed by atoms with E-state index >= 15 is 0 Å². The van der Waals surface area contributed by atoms with Gasteiger partial charge in [-0.25, -0.2) is 0 Å². The Morgan fingerprint density at radius 3 is 1.67 bits per heavy atom. The molecule has 2 nitrogen and oxygen atoms in total. The zero-order valence-electron chi connectivity index (χ0n) is 14.4. The molecule has 0 aliphatic carbocycles. The molecular formula is C22H25NO. The van der Waals surface area contributed by atoms with Gasteiger partial charge in [0.05, 0.1) is 0 Å². The van der Waals surface area contributed by atoms with Gasteiger partial charge < -0.3 is 0 Å². The lowest BCUT2D eigenvalue weighted by Gasteiger charge is -2.48. The number of carbonyl (C=O) groups excluding carboxylic acids is 1. The minimum Gasteiger partial charge on any atom is -0.299 e. The van der Waals surface area contributed by atoms with E-state index in [9.17, 15) is 4.79 Å². The fourth-order valence-electron chi connectivity index (χ4n) is 4.11. The van der Waals surface area contributed by atoms with Gasteiger partial charge in [-0.3, -0.25) is 9.69 Å². The van der Waals surface area contributed by atoms with E-state index in [0.717, 1.165) is 6.54 Å². The van der Waals surface area contributed by atoms with E-state index in [1.54, 1.807) is 0 Å². The van der Waals surface area contributed by atoms with E-state index in [4.69, 9.17) is 0 Å². The third-order valence-corrected chi connectivity index (χ3v) is 5.18. The predicted octanol–water partition coefficient (Wildman–Crippen LogP) is 4.81. The highest BCUT2D eigenvalue weighted by Crippen LogP contribution is 2.45. The Bertz CT molecular complexity index is 639. The molecule has 2 aromatic carbocycles. The standard InChI is InChI=1S/C22H25NO/c1-4-15-23-20(18-11-7-5-8-12-18)16(2)22(24)17(3)21(23)19-13-9-6-10-14-19/h4-14,16-17,20-21H,1,15H2,2-3H3/t16-,17+,20+,21-. The molecule has 3 rings (SSSR count). The molecule has 0 amide bonds. The molecule has 4 atom stereocenters. The van der Waals surface area contributed by atoms with Crippen LogP contribution in [0.2, 0.25) is 0 Å². The summed E-state index contributed by atoms with van der Waals surface area (Å²) < 4.78 is 0. The topological polar surface area (TPSA) is 20.3 Å². The molecule has 0 saturated carbocycles. The van der Waals surface area contributed by atoms with Crippen molar-refractivity contribution in [2.45, 2.75) is 25.9 Å². The van der Waals surface area contributed by atoms with Gasteiger partial charge in [-0.2, -0.15) is 0 Å². The van der Waals surface area contributed by atoms with E-state index in [-0.39, 0.29) is 23.9 Å². The smallest absolute Gasteiger partial charge is 0.142 e. The predicted molar refractivity (Wildman–Crippen MR) is 98.6 cm³/mol. The summed E-state index contributed by atoms with van der Waals surface area (Å²) in [6, 6.07) is 20.9. The minimum atomic E-state index is -0.0256. The summed E-state index contributed by atoms with van der Waals surface area (Å²) >= 11 is 0. The quantitative estimate of drug-likeness (QED) is 0.754. The second-order valence-electron chi connectivity index (χ2n) is 6.68. The van der Waals surface area contributed by atoms with Crippen LogP contribution in [0, 0.1) is 11.8 Å². The van der Waals surface area contributed by atoms with Gasteiger partial charge in [-0.1, -0.05) is 80.6 Å². The second kappa shape index (κ2) is 7.14. The van der Waals surface area contributed by atoms with Gasteiger partial charge in [-0.15, -0.1) is 6.58 Å². The summed E-state index contributed by atoms with van der Waals surface area (Å²) in [4.78, 5) is 15.4. The molecular weight excluding hydrogens is 294 g/mol. The number of likely N-dealkylation sites (tertiary alicyclic amines) is 1. The fourth-order valence-corrected chi connectivity index (χ4v) is 4.11. The maximum Gasteiger partial charge on any atom is 0.142 e. The highest BCUT2D eigenvalue weighted by atomic mass is 16.1. The third-order valence-electron chi connectivity index (χ3n) is 5.18. The Hall–Kier alpha value is -2.19. The molecule has 1 saturated heterocycles. The Labute approximate surface area is 144 Å². The first kappa shape index (κ1) is 16.7. The lowest BCUT2D eigenvalue weighted by Crippen LogP contribution is -2.49. The highest BCUT2D eigenvalue weighted by molar-refractivity contribution is 5.85. The van der Waals surface area contributed by atoms with Crippen LogP contribution in [-0.4, -0.2) is 17.2 Å². The number of hydrogen-bond acceptors (Lipinski definition) is 2. The Morgan fingerprint density at radius 2 is 1.29 bits per heavy atom. The molecule has 124 valence electrons. The summed E-state index contributed by atoms with van der Waals surface area (Å²) in [6.07, 6.45) is 1.95. The molecule has 1 heterocycles. The van der Waals surface area contributed by atoms with Gasteiger partial charge in [0.15, 0.2) is 0 Å². The van der Waals surface area contributed by atoms with Crippen LogP contribution < -0.4 is 0 Å². The SMILES string of the molecule is C=CCN1[C@H](c2ccccc2)[C@@H](C)C(=O)[C@@H](C)[C@@H]1c1ccccc1. The molecule has 0 bridgehead atoms. The first-order valence-corrected chi connectivity index (χ1v) is 8.65. The molecule has 1 aliphatic rings. The van der Waals surface area contributed by atoms with Crippen molar-refractivity contribution in [2.75, 3.05) is 6.54 Å². The highest BCUT2D eigenvalue weighted by Gasteiger charge is 2.45. The van der Waals surface area contributed by atoms with Crippen molar-refractivity contribution in [1.82, 2.24) is 4.90 Å². The van der Waals surface area contributed by atoms with Gasteiger partial charge in [0, 0.05) is 30.5 Å². The average Bonchev–Trinajstić information content (AvgIpc) is 2.62. The third kappa shape index (κ3) is 2.94. The summed E-state index contributed by atoms with van der Waals surface area (Å²) in [5.74, 6) is 0.294. The number of carbonyl (C=O) groups is 1. The minimum absolute atomic E-state index is 0.0256. The molecule has 0 N–H and O–H groups in total. The zero-order chi connectivity index (χ0) is 17.1. The van der Waals surface area contributed by atoms with Crippen LogP contribution in [0.25, 0.3) is 0 Å². The maximum absolute atomic E-state index is 13.0. The lowest BCUT2D eigenvalue weighted by molar-refractivity contribution is -0.137. The van der Waals surface area contributed by atoms with Crippen LogP contribution in [0.1, 0.15) is 37.1 Å². The van der Waals surface area contributed by atoms with Crippen LogP contribution in [0.5, 0.6) is 0 Å². The number of rotatable bonds is 4. The number of benzene rings is 2.